The maximum atomic E-state index is 6.13. The Morgan fingerprint density at radius 2 is 1.85 bits per heavy atom. The standard InChI is InChI=1S/C14H27BrN2O2Si/c1-14(2,3)20(5,6)19-10-8-7-9-18-13-11-12(15)16-17(13)4/h11H,7-10H2,1-6H3. The predicted octanol–water partition coefficient (Wildman–Crippen LogP) is 4.36. The van der Waals surface area contributed by atoms with Gasteiger partial charge in [-0.3, -0.25) is 0 Å². The molecule has 6 heteroatoms. The normalized spacial score (nSPS) is 12.8. The van der Waals surface area contributed by atoms with Gasteiger partial charge in [0.25, 0.3) is 0 Å². The van der Waals surface area contributed by atoms with Crippen LogP contribution in [0.1, 0.15) is 33.6 Å². The van der Waals surface area contributed by atoms with Gasteiger partial charge in [-0.05, 0) is 46.9 Å². The van der Waals surface area contributed by atoms with Gasteiger partial charge in [0.1, 0.15) is 4.60 Å². The van der Waals surface area contributed by atoms with Crippen LogP contribution in [0.15, 0.2) is 10.7 Å². The van der Waals surface area contributed by atoms with E-state index in [1.807, 2.05) is 13.1 Å². The first kappa shape index (κ1) is 17.7. The highest BCUT2D eigenvalue weighted by atomic mass is 79.9. The SMILES string of the molecule is Cn1nc(Br)cc1OCCCCO[Si](C)(C)C(C)(C)C. The van der Waals surface area contributed by atoms with Gasteiger partial charge in [-0.1, -0.05) is 20.8 Å². The maximum Gasteiger partial charge on any atom is 0.212 e. The van der Waals surface area contributed by atoms with Crippen molar-refractivity contribution in [2.75, 3.05) is 13.2 Å². The Morgan fingerprint density at radius 1 is 1.25 bits per heavy atom. The average Bonchev–Trinajstić information content (AvgIpc) is 2.60. The second-order valence-electron chi connectivity index (χ2n) is 6.59. The molecular formula is C14H27BrN2O2Si. The molecule has 0 radical (unpaired) electrons. The molecular weight excluding hydrogens is 336 g/mol. The van der Waals surface area contributed by atoms with E-state index in [-0.39, 0.29) is 5.04 Å². The molecule has 0 unspecified atom stereocenters. The molecule has 20 heavy (non-hydrogen) atoms. The minimum atomic E-state index is -1.60. The van der Waals surface area contributed by atoms with Crippen LogP contribution in [0.25, 0.3) is 0 Å². The molecule has 0 aliphatic carbocycles. The van der Waals surface area contributed by atoms with Crippen LogP contribution in [0.2, 0.25) is 18.1 Å². The van der Waals surface area contributed by atoms with Crippen molar-refractivity contribution in [3.63, 3.8) is 0 Å². The summed E-state index contributed by atoms with van der Waals surface area (Å²) in [6.07, 6.45) is 2.03. The lowest BCUT2D eigenvalue weighted by atomic mass is 10.2. The van der Waals surface area contributed by atoms with Crippen LogP contribution < -0.4 is 4.74 Å². The molecule has 1 aromatic rings. The van der Waals surface area contributed by atoms with E-state index in [0.717, 1.165) is 29.9 Å². The van der Waals surface area contributed by atoms with Gasteiger partial charge in [0.15, 0.2) is 8.32 Å². The molecule has 0 amide bonds. The van der Waals surface area contributed by atoms with E-state index in [1.54, 1.807) is 4.68 Å². The van der Waals surface area contributed by atoms with Crippen molar-refractivity contribution in [3.05, 3.63) is 10.7 Å². The maximum absolute atomic E-state index is 6.13. The summed E-state index contributed by atoms with van der Waals surface area (Å²) >= 11 is 3.33. The lowest BCUT2D eigenvalue weighted by molar-refractivity contribution is 0.243. The topological polar surface area (TPSA) is 36.3 Å². The number of halogens is 1. The lowest BCUT2D eigenvalue weighted by Crippen LogP contribution is -2.41. The van der Waals surface area contributed by atoms with Crippen LogP contribution in [-0.4, -0.2) is 31.3 Å². The zero-order valence-electron chi connectivity index (χ0n) is 13.5. The van der Waals surface area contributed by atoms with Gasteiger partial charge >= 0.3 is 0 Å². The Labute approximate surface area is 132 Å². The minimum Gasteiger partial charge on any atom is -0.478 e. The van der Waals surface area contributed by atoms with Crippen LogP contribution >= 0.6 is 15.9 Å². The molecule has 0 aliphatic rings. The Bertz CT molecular complexity index is 427. The number of aromatic nitrogens is 2. The minimum absolute atomic E-state index is 0.282. The van der Waals surface area contributed by atoms with Gasteiger partial charge in [-0.15, -0.1) is 0 Å². The van der Waals surface area contributed by atoms with E-state index < -0.39 is 8.32 Å². The first-order chi connectivity index (χ1) is 9.13. The Kier molecular flexibility index (Phi) is 6.28. The molecule has 0 saturated carbocycles. The molecule has 0 fully saturated rings. The monoisotopic (exact) mass is 362 g/mol. The third kappa shape index (κ3) is 5.22. The van der Waals surface area contributed by atoms with Crippen LogP contribution in [0.4, 0.5) is 0 Å². The molecule has 0 bridgehead atoms. The van der Waals surface area contributed by atoms with Crippen molar-refractivity contribution in [1.82, 2.24) is 9.78 Å². The number of hydrogen-bond donors (Lipinski definition) is 0. The molecule has 1 aromatic heterocycles. The van der Waals surface area contributed by atoms with Gasteiger partial charge < -0.3 is 9.16 Å². The van der Waals surface area contributed by atoms with E-state index in [2.05, 4.69) is 54.9 Å². The predicted molar refractivity (Wildman–Crippen MR) is 88.8 cm³/mol. The van der Waals surface area contributed by atoms with Crippen molar-refractivity contribution in [3.8, 4) is 5.88 Å². The molecule has 0 N–H and O–H groups in total. The molecule has 116 valence electrons. The van der Waals surface area contributed by atoms with Crippen molar-refractivity contribution in [2.45, 2.75) is 51.7 Å². The number of ether oxygens (including phenoxy) is 1. The first-order valence-corrected chi connectivity index (χ1v) is 10.8. The highest BCUT2D eigenvalue weighted by molar-refractivity contribution is 9.10. The summed E-state index contributed by atoms with van der Waals surface area (Å²) < 4.78 is 14.4. The summed E-state index contributed by atoms with van der Waals surface area (Å²) in [6.45, 7) is 12.9. The van der Waals surface area contributed by atoms with Crippen molar-refractivity contribution in [2.24, 2.45) is 7.05 Å². The van der Waals surface area contributed by atoms with Gasteiger partial charge in [0, 0.05) is 19.7 Å². The number of rotatable bonds is 7. The molecule has 1 heterocycles. The number of unbranched alkanes of at least 4 members (excludes halogenated alkanes) is 1. The third-order valence-corrected chi connectivity index (χ3v) is 8.79. The van der Waals surface area contributed by atoms with Crippen molar-refractivity contribution < 1.29 is 9.16 Å². The second-order valence-corrected chi connectivity index (χ2v) is 12.2. The fourth-order valence-corrected chi connectivity index (χ4v) is 3.00. The molecule has 0 spiro atoms. The van der Waals surface area contributed by atoms with E-state index in [1.165, 1.54) is 0 Å². The molecule has 1 rings (SSSR count). The Balaban J connectivity index is 2.19. The summed E-state index contributed by atoms with van der Waals surface area (Å²) in [5.41, 5.74) is 0. The zero-order chi connectivity index (χ0) is 15.4. The van der Waals surface area contributed by atoms with E-state index in [4.69, 9.17) is 9.16 Å². The summed E-state index contributed by atoms with van der Waals surface area (Å²) in [6, 6.07) is 1.88. The molecule has 0 saturated heterocycles. The second kappa shape index (κ2) is 7.09. The quantitative estimate of drug-likeness (QED) is 0.533. The fraction of sp³-hybridized carbons (Fsp3) is 0.786. The number of aryl methyl sites for hydroxylation is 1. The van der Waals surface area contributed by atoms with Crippen molar-refractivity contribution >= 4 is 24.2 Å². The number of nitrogens with zero attached hydrogens (tertiary/aromatic N) is 2. The summed E-state index contributed by atoms with van der Waals surface area (Å²) in [7, 11) is 0.280. The third-order valence-electron chi connectivity index (χ3n) is 3.86. The van der Waals surface area contributed by atoms with Crippen LogP contribution in [0.5, 0.6) is 5.88 Å². The molecule has 0 atom stereocenters. The zero-order valence-corrected chi connectivity index (χ0v) is 16.1. The van der Waals surface area contributed by atoms with Gasteiger partial charge in [-0.25, -0.2) is 4.68 Å². The molecule has 4 nitrogen and oxygen atoms in total. The Hall–Kier alpha value is -0.333. The summed E-state index contributed by atoms with van der Waals surface area (Å²) in [5.74, 6) is 0.794. The van der Waals surface area contributed by atoms with Crippen LogP contribution in [-0.2, 0) is 11.5 Å². The summed E-state index contributed by atoms with van der Waals surface area (Å²) in [5, 5.41) is 4.46. The average molecular weight is 363 g/mol. The van der Waals surface area contributed by atoms with E-state index in [0.29, 0.717) is 6.61 Å². The first-order valence-electron chi connectivity index (χ1n) is 7.10. The molecule has 0 aromatic carbocycles. The van der Waals surface area contributed by atoms with Crippen LogP contribution in [0, 0.1) is 0 Å². The molecule has 0 aliphatic heterocycles. The fourth-order valence-electron chi connectivity index (χ4n) is 1.48. The summed E-state index contributed by atoms with van der Waals surface area (Å²) in [4.78, 5) is 0. The lowest BCUT2D eigenvalue weighted by Gasteiger charge is -2.36. The smallest absolute Gasteiger partial charge is 0.212 e. The highest BCUT2D eigenvalue weighted by Gasteiger charge is 2.36. The van der Waals surface area contributed by atoms with Gasteiger partial charge in [-0.2, -0.15) is 5.10 Å². The number of hydrogen-bond acceptors (Lipinski definition) is 3. The van der Waals surface area contributed by atoms with E-state index in [9.17, 15) is 0 Å². The van der Waals surface area contributed by atoms with Gasteiger partial charge in [0.05, 0.1) is 6.61 Å². The Morgan fingerprint density at radius 3 is 2.35 bits per heavy atom. The van der Waals surface area contributed by atoms with E-state index >= 15 is 0 Å². The highest BCUT2D eigenvalue weighted by Crippen LogP contribution is 2.36. The van der Waals surface area contributed by atoms with Gasteiger partial charge in [0.2, 0.25) is 5.88 Å². The largest absolute Gasteiger partial charge is 0.478 e. The van der Waals surface area contributed by atoms with Crippen LogP contribution in [0.3, 0.4) is 0 Å². The van der Waals surface area contributed by atoms with Crippen molar-refractivity contribution in [1.29, 1.82) is 0 Å².